The Bertz CT molecular complexity index is 598. The largest absolute Gasteiger partial charge is 0.476 e. The van der Waals surface area contributed by atoms with Crippen LogP contribution in [0.5, 0.6) is 0 Å². The highest BCUT2D eigenvalue weighted by atomic mass is 16.6. The Morgan fingerprint density at radius 3 is 2.84 bits per heavy atom. The van der Waals surface area contributed by atoms with Gasteiger partial charge in [0.2, 0.25) is 5.69 Å². The van der Waals surface area contributed by atoms with Gasteiger partial charge >= 0.3 is 11.7 Å². The molecule has 0 saturated carbocycles. The molecule has 0 spiro atoms. The Balaban J connectivity index is 2.34. The quantitative estimate of drug-likeness (QED) is 0.630. The van der Waals surface area contributed by atoms with Crippen LogP contribution in [-0.4, -0.2) is 35.3 Å². The van der Waals surface area contributed by atoms with Gasteiger partial charge in [0, 0.05) is 18.9 Å². The highest BCUT2D eigenvalue weighted by molar-refractivity contribution is 5.89. The zero-order valence-corrected chi connectivity index (χ0v) is 10.1. The number of aromatic carboxylic acids is 1. The molecule has 19 heavy (non-hydrogen) atoms. The van der Waals surface area contributed by atoms with Crippen LogP contribution in [0.15, 0.2) is 18.6 Å². The highest BCUT2D eigenvalue weighted by Crippen LogP contribution is 2.17. The standard InChI is InChI=1S/C10H11N5O4/c1-2-13-4-3-11-8(13)6-14-5-7(15(18)19)9(12-14)10(16)17/h3-5H,2,6H2,1H3,(H,16,17). The van der Waals surface area contributed by atoms with E-state index in [1.807, 2.05) is 11.5 Å². The molecule has 2 rings (SSSR count). The molecule has 2 aromatic rings. The van der Waals surface area contributed by atoms with Gasteiger partial charge in [0.15, 0.2) is 0 Å². The minimum atomic E-state index is -1.43. The first kappa shape index (κ1) is 12.7. The van der Waals surface area contributed by atoms with Crippen molar-refractivity contribution in [1.29, 1.82) is 0 Å². The lowest BCUT2D eigenvalue weighted by Crippen LogP contribution is -2.09. The number of hydrogen-bond donors (Lipinski definition) is 1. The van der Waals surface area contributed by atoms with Crippen molar-refractivity contribution in [2.24, 2.45) is 0 Å². The zero-order valence-electron chi connectivity index (χ0n) is 10.1. The first-order valence-electron chi connectivity index (χ1n) is 5.48. The number of carboxylic acid groups (broad SMARTS) is 1. The van der Waals surface area contributed by atoms with Crippen LogP contribution in [0.1, 0.15) is 23.2 Å². The fourth-order valence-electron chi connectivity index (χ4n) is 1.70. The van der Waals surface area contributed by atoms with Crippen molar-refractivity contribution in [2.75, 3.05) is 0 Å². The lowest BCUT2D eigenvalue weighted by Gasteiger charge is -2.03. The molecule has 0 aliphatic rings. The van der Waals surface area contributed by atoms with Crippen LogP contribution in [0.25, 0.3) is 0 Å². The molecule has 0 unspecified atom stereocenters. The van der Waals surface area contributed by atoms with Crippen LogP contribution in [0.3, 0.4) is 0 Å². The first-order chi connectivity index (χ1) is 9.02. The number of aromatic nitrogens is 4. The Hall–Kier alpha value is -2.71. The maximum Gasteiger partial charge on any atom is 0.363 e. The van der Waals surface area contributed by atoms with E-state index >= 15 is 0 Å². The monoisotopic (exact) mass is 265 g/mol. The van der Waals surface area contributed by atoms with Crippen molar-refractivity contribution >= 4 is 11.7 Å². The molecule has 2 aromatic heterocycles. The summed E-state index contributed by atoms with van der Waals surface area (Å²) in [5.41, 5.74) is -1.10. The third-order valence-electron chi connectivity index (χ3n) is 2.59. The van der Waals surface area contributed by atoms with Crippen LogP contribution in [0, 0.1) is 10.1 Å². The summed E-state index contributed by atoms with van der Waals surface area (Å²) in [5.74, 6) is -0.777. The predicted molar refractivity (Wildman–Crippen MR) is 62.8 cm³/mol. The molecule has 0 radical (unpaired) electrons. The molecule has 1 N–H and O–H groups in total. The molecule has 0 aliphatic carbocycles. The summed E-state index contributed by atoms with van der Waals surface area (Å²) in [5, 5.41) is 23.3. The molecule has 100 valence electrons. The van der Waals surface area contributed by atoms with E-state index in [0.29, 0.717) is 12.4 Å². The Labute approximate surface area is 107 Å². The molecule has 0 aromatic carbocycles. The smallest absolute Gasteiger partial charge is 0.363 e. The van der Waals surface area contributed by atoms with Gasteiger partial charge in [0.1, 0.15) is 12.0 Å². The van der Waals surface area contributed by atoms with Gasteiger partial charge < -0.3 is 9.67 Å². The van der Waals surface area contributed by atoms with Gasteiger partial charge in [-0.3, -0.25) is 14.8 Å². The number of nitrogens with zero attached hydrogens (tertiary/aromatic N) is 5. The first-order valence-corrected chi connectivity index (χ1v) is 5.48. The molecule has 0 aliphatic heterocycles. The van der Waals surface area contributed by atoms with Crippen LogP contribution >= 0.6 is 0 Å². The van der Waals surface area contributed by atoms with E-state index in [-0.39, 0.29) is 6.54 Å². The number of nitro groups is 1. The van der Waals surface area contributed by atoms with Crippen molar-refractivity contribution in [3.63, 3.8) is 0 Å². The lowest BCUT2D eigenvalue weighted by atomic mass is 10.4. The third kappa shape index (κ3) is 2.44. The minimum absolute atomic E-state index is 0.176. The molecular formula is C10H11N5O4. The molecule has 0 bridgehead atoms. The Kier molecular flexibility index (Phi) is 3.27. The maximum atomic E-state index is 10.9. The topological polar surface area (TPSA) is 116 Å². The van der Waals surface area contributed by atoms with Gasteiger partial charge in [-0.1, -0.05) is 0 Å². The summed E-state index contributed by atoms with van der Waals surface area (Å²) >= 11 is 0. The van der Waals surface area contributed by atoms with Gasteiger partial charge in [-0.05, 0) is 6.92 Å². The number of hydrogen-bond acceptors (Lipinski definition) is 5. The molecule has 0 fully saturated rings. The SMILES string of the molecule is CCn1ccnc1Cn1cc([N+](=O)[O-])c(C(=O)O)n1. The van der Waals surface area contributed by atoms with Crippen molar-refractivity contribution in [2.45, 2.75) is 20.0 Å². The summed E-state index contributed by atoms with van der Waals surface area (Å²) in [7, 11) is 0. The van der Waals surface area contributed by atoms with Gasteiger partial charge in [-0.2, -0.15) is 5.10 Å². The van der Waals surface area contributed by atoms with Gasteiger partial charge in [0.25, 0.3) is 0 Å². The molecule has 0 amide bonds. The molecule has 9 nitrogen and oxygen atoms in total. The van der Waals surface area contributed by atoms with Crippen molar-refractivity contribution in [1.82, 2.24) is 19.3 Å². The highest BCUT2D eigenvalue weighted by Gasteiger charge is 2.25. The van der Waals surface area contributed by atoms with Crippen molar-refractivity contribution in [3.05, 3.63) is 40.2 Å². The van der Waals surface area contributed by atoms with Crippen molar-refractivity contribution < 1.29 is 14.8 Å². The fraction of sp³-hybridized carbons (Fsp3) is 0.300. The second-order valence-corrected chi connectivity index (χ2v) is 3.75. The van der Waals surface area contributed by atoms with Gasteiger partial charge in [-0.25, -0.2) is 9.78 Å². The molecule has 0 atom stereocenters. The Morgan fingerprint density at radius 1 is 1.58 bits per heavy atom. The summed E-state index contributed by atoms with van der Waals surface area (Å²) in [6, 6.07) is 0. The van der Waals surface area contributed by atoms with E-state index in [0.717, 1.165) is 6.20 Å². The van der Waals surface area contributed by atoms with E-state index in [4.69, 9.17) is 5.11 Å². The summed E-state index contributed by atoms with van der Waals surface area (Å²) in [6.45, 7) is 2.80. The number of carboxylic acids is 1. The van der Waals surface area contributed by atoms with Crippen LogP contribution < -0.4 is 0 Å². The molecular weight excluding hydrogens is 254 g/mol. The van der Waals surface area contributed by atoms with Crippen molar-refractivity contribution in [3.8, 4) is 0 Å². The number of imidazole rings is 1. The summed E-state index contributed by atoms with van der Waals surface area (Å²) in [6.07, 6.45) is 4.47. The average molecular weight is 265 g/mol. The third-order valence-corrected chi connectivity index (χ3v) is 2.59. The van der Waals surface area contributed by atoms with Crippen LogP contribution in [-0.2, 0) is 13.1 Å². The number of aryl methyl sites for hydroxylation is 1. The molecule has 0 saturated heterocycles. The van der Waals surface area contributed by atoms with E-state index < -0.39 is 22.3 Å². The van der Waals surface area contributed by atoms with Crippen LogP contribution in [0.2, 0.25) is 0 Å². The second kappa shape index (κ2) is 4.88. The Morgan fingerprint density at radius 2 is 2.32 bits per heavy atom. The average Bonchev–Trinajstić information content (AvgIpc) is 2.95. The molecule has 2 heterocycles. The molecule has 9 heteroatoms. The number of carbonyl (C=O) groups is 1. The van der Waals surface area contributed by atoms with E-state index in [1.165, 1.54) is 4.68 Å². The fourth-order valence-corrected chi connectivity index (χ4v) is 1.70. The van der Waals surface area contributed by atoms with E-state index in [9.17, 15) is 14.9 Å². The zero-order chi connectivity index (χ0) is 14.0. The lowest BCUT2D eigenvalue weighted by molar-refractivity contribution is -0.385. The van der Waals surface area contributed by atoms with Gasteiger partial charge in [0.05, 0.1) is 11.5 Å². The maximum absolute atomic E-state index is 10.9. The van der Waals surface area contributed by atoms with E-state index in [1.54, 1.807) is 12.4 Å². The number of rotatable bonds is 5. The van der Waals surface area contributed by atoms with Crippen LogP contribution in [0.4, 0.5) is 5.69 Å². The second-order valence-electron chi connectivity index (χ2n) is 3.75. The summed E-state index contributed by atoms with van der Waals surface area (Å²) in [4.78, 5) is 24.9. The van der Waals surface area contributed by atoms with E-state index in [2.05, 4.69) is 10.1 Å². The minimum Gasteiger partial charge on any atom is -0.476 e. The summed E-state index contributed by atoms with van der Waals surface area (Å²) < 4.78 is 3.05. The normalized spacial score (nSPS) is 10.6. The predicted octanol–water partition coefficient (Wildman–Crippen LogP) is 0.754. The van der Waals surface area contributed by atoms with Gasteiger partial charge in [-0.15, -0.1) is 0 Å².